The molecule has 0 aliphatic carbocycles. The van der Waals surface area contributed by atoms with Crippen LogP contribution in [0.1, 0.15) is 19.8 Å². The summed E-state index contributed by atoms with van der Waals surface area (Å²) in [5.41, 5.74) is 0. The molecule has 5 nitrogen and oxygen atoms in total. The Morgan fingerprint density at radius 2 is 2.25 bits per heavy atom. The topological polar surface area (TPSA) is 61.4 Å². The maximum absolute atomic E-state index is 11.5. The molecule has 2 atom stereocenters. The van der Waals surface area contributed by atoms with Gasteiger partial charge in [0.1, 0.15) is 11.6 Å². The Morgan fingerprint density at radius 1 is 1.44 bits per heavy atom. The summed E-state index contributed by atoms with van der Waals surface area (Å²) in [7, 11) is 0. The molecule has 0 saturated carbocycles. The number of piperazine rings is 1. The SMILES string of the molecule is CC(=O)C1CNCCN1C1CC(=O)CCN1. The maximum Gasteiger partial charge on any atom is 0.148 e. The summed E-state index contributed by atoms with van der Waals surface area (Å²) in [6.45, 7) is 4.76. The van der Waals surface area contributed by atoms with E-state index in [-0.39, 0.29) is 18.0 Å². The van der Waals surface area contributed by atoms with Crippen molar-refractivity contribution < 1.29 is 9.59 Å². The van der Waals surface area contributed by atoms with Gasteiger partial charge < -0.3 is 10.6 Å². The molecule has 2 unspecified atom stereocenters. The van der Waals surface area contributed by atoms with Gasteiger partial charge in [0.2, 0.25) is 0 Å². The number of piperidine rings is 1. The Labute approximate surface area is 95.6 Å². The number of carbonyl (C=O) groups is 2. The summed E-state index contributed by atoms with van der Waals surface area (Å²) in [6, 6.07) is -0.0860. The molecule has 16 heavy (non-hydrogen) atoms. The molecule has 0 bridgehead atoms. The van der Waals surface area contributed by atoms with E-state index in [4.69, 9.17) is 0 Å². The fourth-order valence-corrected chi connectivity index (χ4v) is 2.47. The quantitative estimate of drug-likeness (QED) is 0.639. The predicted octanol–water partition coefficient (Wildman–Crippen LogP) is -0.872. The molecule has 2 aliphatic rings. The summed E-state index contributed by atoms with van der Waals surface area (Å²) in [6.07, 6.45) is 1.20. The van der Waals surface area contributed by atoms with Gasteiger partial charge in [-0.15, -0.1) is 0 Å². The molecule has 2 fully saturated rings. The Bertz CT molecular complexity index is 293. The highest BCUT2D eigenvalue weighted by molar-refractivity contribution is 5.82. The van der Waals surface area contributed by atoms with E-state index in [0.717, 1.165) is 19.6 Å². The van der Waals surface area contributed by atoms with Gasteiger partial charge in [0.15, 0.2) is 0 Å². The van der Waals surface area contributed by atoms with Gasteiger partial charge in [-0.05, 0) is 6.92 Å². The van der Waals surface area contributed by atoms with Crippen molar-refractivity contribution in [1.29, 1.82) is 0 Å². The smallest absolute Gasteiger partial charge is 0.148 e. The number of nitrogens with zero attached hydrogens (tertiary/aromatic N) is 1. The van der Waals surface area contributed by atoms with Crippen LogP contribution in [0.15, 0.2) is 0 Å². The van der Waals surface area contributed by atoms with E-state index >= 15 is 0 Å². The molecule has 2 N–H and O–H groups in total. The summed E-state index contributed by atoms with van der Waals surface area (Å²) in [5, 5.41) is 6.55. The molecule has 0 aromatic heterocycles. The van der Waals surface area contributed by atoms with Crippen LogP contribution in [-0.4, -0.2) is 54.9 Å². The Morgan fingerprint density at radius 3 is 2.94 bits per heavy atom. The van der Waals surface area contributed by atoms with Gasteiger partial charge in [0.25, 0.3) is 0 Å². The molecule has 0 radical (unpaired) electrons. The van der Waals surface area contributed by atoms with Gasteiger partial charge in [-0.25, -0.2) is 0 Å². The van der Waals surface area contributed by atoms with Crippen molar-refractivity contribution in [2.24, 2.45) is 0 Å². The van der Waals surface area contributed by atoms with Crippen molar-refractivity contribution in [2.45, 2.75) is 32.0 Å². The summed E-state index contributed by atoms with van der Waals surface area (Å²) < 4.78 is 0. The lowest BCUT2D eigenvalue weighted by molar-refractivity contribution is -0.128. The van der Waals surface area contributed by atoms with Crippen LogP contribution in [0.4, 0.5) is 0 Å². The first-order valence-corrected chi connectivity index (χ1v) is 5.90. The molecule has 0 aromatic carbocycles. The first kappa shape index (κ1) is 11.7. The van der Waals surface area contributed by atoms with E-state index in [1.54, 1.807) is 6.92 Å². The fourth-order valence-electron chi connectivity index (χ4n) is 2.47. The van der Waals surface area contributed by atoms with Crippen LogP contribution in [0.3, 0.4) is 0 Å². The third-order valence-electron chi connectivity index (χ3n) is 3.36. The zero-order valence-corrected chi connectivity index (χ0v) is 9.66. The van der Waals surface area contributed by atoms with Crippen molar-refractivity contribution in [1.82, 2.24) is 15.5 Å². The highest BCUT2D eigenvalue weighted by Crippen LogP contribution is 2.14. The molecule has 0 aromatic rings. The average Bonchev–Trinajstić information content (AvgIpc) is 2.29. The highest BCUT2D eigenvalue weighted by atomic mass is 16.1. The molecular formula is C11H19N3O2. The maximum atomic E-state index is 11.5. The molecule has 2 aliphatic heterocycles. The monoisotopic (exact) mass is 225 g/mol. The minimum Gasteiger partial charge on any atom is -0.313 e. The Hall–Kier alpha value is -0.780. The van der Waals surface area contributed by atoms with Gasteiger partial charge in [-0.3, -0.25) is 14.5 Å². The van der Waals surface area contributed by atoms with Crippen LogP contribution in [0.2, 0.25) is 0 Å². The highest BCUT2D eigenvalue weighted by Gasteiger charge is 2.33. The molecular weight excluding hydrogens is 206 g/mol. The van der Waals surface area contributed by atoms with Crippen molar-refractivity contribution >= 4 is 11.6 Å². The first-order chi connectivity index (χ1) is 7.68. The zero-order valence-electron chi connectivity index (χ0n) is 9.66. The van der Waals surface area contributed by atoms with Crippen LogP contribution in [0.25, 0.3) is 0 Å². The Balaban J connectivity index is 2.04. The van der Waals surface area contributed by atoms with E-state index in [9.17, 15) is 9.59 Å². The second-order valence-corrected chi connectivity index (χ2v) is 4.53. The van der Waals surface area contributed by atoms with E-state index in [1.807, 2.05) is 0 Å². The minimum absolute atomic E-state index is 0.0530. The van der Waals surface area contributed by atoms with Gasteiger partial charge >= 0.3 is 0 Å². The minimum atomic E-state index is -0.0860. The van der Waals surface area contributed by atoms with Gasteiger partial charge in [-0.1, -0.05) is 0 Å². The largest absolute Gasteiger partial charge is 0.313 e. The van der Waals surface area contributed by atoms with Gasteiger partial charge in [0, 0.05) is 39.0 Å². The van der Waals surface area contributed by atoms with Crippen molar-refractivity contribution in [3.05, 3.63) is 0 Å². The first-order valence-electron chi connectivity index (χ1n) is 5.90. The number of nitrogens with one attached hydrogen (secondary N) is 2. The number of hydrogen-bond acceptors (Lipinski definition) is 5. The van der Waals surface area contributed by atoms with E-state index in [1.165, 1.54) is 0 Å². The van der Waals surface area contributed by atoms with E-state index in [0.29, 0.717) is 25.2 Å². The average molecular weight is 225 g/mol. The molecule has 2 rings (SSSR count). The van der Waals surface area contributed by atoms with E-state index < -0.39 is 0 Å². The third kappa shape index (κ3) is 2.48. The van der Waals surface area contributed by atoms with Gasteiger partial charge in [0.05, 0.1) is 12.2 Å². The van der Waals surface area contributed by atoms with Crippen LogP contribution in [0, 0.1) is 0 Å². The van der Waals surface area contributed by atoms with Crippen molar-refractivity contribution in [3.63, 3.8) is 0 Å². The number of Topliss-reactive ketones (excluding diaryl/α,β-unsaturated/α-hetero) is 2. The third-order valence-corrected chi connectivity index (χ3v) is 3.36. The van der Waals surface area contributed by atoms with Crippen LogP contribution < -0.4 is 10.6 Å². The zero-order chi connectivity index (χ0) is 11.5. The molecule has 2 heterocycles. The normalized spacial score (nSPS) is 32.7. The lowest BCUT2D eigenvalue weighted by atomic mass is 10.0. The van der Waals surface area contributed by atoms with Crippen LogP contribution in [0.5, 0.6) is 0 Å². The van der Waals surface area contributed by atoms with Crippen molar-refractivity contribution in [3.8, 4) is 0 Å². The lowest BCUT2D eigenvalue weighted by Gasteiger charge is -2.41. The summed E-state index contributed by atoms with van der Waals surface area (Å²) in [4.78, 5) is 25.1. The molecule has 0 amide bonds. The Kier molecular flexibility index (Phi) is 3.68. The van der Waals surface area contributed by atoms with Crippen molar-refractivity contribution in [2.75, 3.05) is 26.2 Å². The standard InChI is InChI=1S/C11H19N3O2/c1-8(15)10-7-12-4-5-14(10)11-6-9(16)2-3-13-11/h10-13H,2-7H2,1H3. The molecule has 0 spiro atoms. The lowest BCUT2D eigenvalue weighted by Crippen LogP contribution is -2.62. The fraction of sp³-hybridized carbons (Fsp3) is 0.818. The summed E-state index contributed by atoms with van der Waals surface area (Å²) >= 11 is 0. The number of rotatable bonds is 2. The number of ketones is 2. The number of carbonyl (C=O) groups excluding carboxylic acids is 2. The van der Waals surface area contributed by atoms with Crippen LogP contribution in [-0.2, 0) is 9.59 Å². The second-order valence-electron chi connectivity index (χ2n) is 4.53. The molecule has 2 saturated heterocycles. The van der Waals surface area contributed by atoms with E-state index in [2.05, 4.69) is 15.5 Å². The summed E-state index contributed by atoms with van der Waals surface area (Å²) in [5.74, 6) is 0.469. The molecule has 5 heteroatoms. The molecule has 90 valence electrons. The second kappa shape index (κ2) is 5.03. The number of hydrogen-bond donors (Lipinski definition) is 2. The van der Waals surface area contributed by atoms with Gasteiger partial charge in [-0.2, -0.15) is 0 Å². The predicted molar refractivity (Wildman–Crippen MR) is 60.1 cm³/mol. The van der Waals surface area contributed by atoms with Crippen LogP contribution >= 0.6 is 0 Å².